The zero-order chi connectivity index (χ0) is 9.80. The van der Waals surface area contributed by atoms with Crippen LogP contribution in [-0.4, -0.2) is 12.7 Å². The van der Waals surface area contributed by atoms with E-state index in [1.165, 1.54) is 18.4 Å². The fourth-order valence-electron chi connectivity index (χ4n) is 1.94. The minimum atomic E-state index is 0.0384. The Morgan fingerprint density at radius 2 is 2.00 bits per heavy atom. The van der Waals surface area contributed by atoms with E-state index in [0.29, 0.717) is 0 Å². The van der Waals surface area contributed by atoms with Crippen LogP contribution in [0.3, 0.4) is 0 Å². The summed E-state index contributed by atoms with van der Waals surface area (Å²) in [7, 11) is 0. The Bertz CT molecular complexity index is 267. The molecule has 1 aliphatic heterocycles. The third-order valence-electron chi connectivity index (χ3n) is 2.80. The van der Waals surface area contributed by atoms with E-state index in [-0.39, 0.29) is 12.1 Å². The fourth-order valence-corrected chi connectivity index (χ4v) is 1.94. The lowest BCUT2D eigenvalue weighted by atomic mass is 9.97. The summed E-state index contributed by atoms with van der Waals surface area (Å²) in [6, 6.07) is 10.2. The summed E-state index contributed by atoms with van der Waals surface area (Å²) in [6.45, 7) is 0.866. The van der Waals surface area contributed by atoms with Gasteiger partial charge in [0.1, 0.15) is 0 Å². The van der Waals surface area contributed by atoms with Crippen LogP contribution >= 0.6 is 0 Å². The normalized spacial score (nSPS) is 24.5. The summed E-state index contributed by atoms with van der Waals surface area (Å²) < 4.78 is 5.67. The highest BCUT2D eigenvalue weighted by Crippen LogP contribution is 2.23. The molecule has 2 atom stereocenters. The zero-order valence-corrected chi connectivity index (χ0v) is 8.36. The SMILES string of the molecule is NC(c1ccccc1)C1CCCCO1. The molecule has 2 heteroatoms. The van der Waals surface area contributed by atoms with Crippen molar-refractivity contribution in [2.45, 2.75) is 31.4 Å². The van der Waals surface area contributed by atoms with E-state index in [4.69, 9.17) is 10.5 Å². The topological polar surface area (TPSA) is 35.2 Å². The minimum Gasteiger partial charge on any atom is -0.376 e. The first-order valence-corrected chi connectivity index (χ1v) is 5.30. The monoisotopic (exact) mass is 191 g/mol. The predicted molar refractivity (Wildman–Crippen MR) is 57.0 cm³/mol. The first kappa shape index (κ1) is 9.69. The molecule has 14 heavy (non-hydrogen) atoms. The van der Waals surface area contributed by atoms with E-state index in [1.54, 1.807) is 0 Å². The molecular weight excluding hydrogens is 174 g/mol. The van der Waals surface area contributed by atoms with Crippen LogP contribution in [0.4, 0.5) is 0 Å². The summed E-state index contributed by atoms with van der Waals surface area (Å²) in [5.41, 5.74) is 7.32. The summed E-state index contributed by atoms with van der Waals surface area (Å²) >= 11 is 0. The molecule has 1 fully saturated rings. The molecule has 2 nitrogen and oxygen atoms in total. The molecule has 0 bridgehead atoms. The highest BCUT2D eigenvalue weighted by Gasteiger charge is 2.22. The van der Waals surface area contributed by atoms with Gasteiger partial charge >= 0.3 is 0 Å². The molecule has 0 aromatic heterocycles. The Hall–Kier alpha value is -0.860. The zero-order valence-electron chi connectivity index (χ0n) is 8.36. The molecular formula is C12H17NO. The van der Waals surface area contributed by atoms with Crippen molar-refractivity contribution in [3.8, 4) is 0 Å². The van der Waals surface area contributed by atoms with Crippen molar-refractivity contribution >= 4 is 0 Å². The van der Waals surface area contributed by atoms with Crippen LogP contribution in [0.25, 0.3) is 0 Å². The maximum absolute atomic E-state index is 6.14. The average Bonchev–Trinajstić information content (AvgIpc) is 2.30. The van der Waals surface area contributed by atoms with Gasteiger partial charge in [-0.3, -0.25) is 0 Å². The summed E-state index contributed by atoms with van der Waals surface area (Å²) in [6.07, 6.45) is 3.73. The van der Waals surface area contributed by atoms with Crippen LogP contribution in [0.1, 0.15) is 30.9 Å². The van der Waals surface area contributed by atoms with Crippen LogP contribution in [0.2, 0.25) is 0 Å². The van der Waals surface area contributed by atoms with Gasteiger partial charge in [-0.15, -0.1) is 0 Å². The van der Waals surface area contributed by atoms with E-state index < -0.39 is 0 Å². The summed E-state index contributed by atoms with van der Waals surface area (Å²) in [5.74, 6) is 0. The van der Waals surface area contributed by atoms with Gasteiger partial charge in [0.25, 0.3) is 0 Å². The molecule has 0 amide bonds. The van der Waals surface area contributed by atoms with E-state index in [1.807, 2.05) is 18.2 Å². The van der Waals surface area contributed by atoms with Gasteiger partial charge in [0.2, 0.25) is 0 Å². The molecule has 2 N–H and O–H groups in total. The standard InChI is InChI=1S/C12H17NO/c13-12(10-6-2-1-3-7-10)11-8-4-5-9-14-11/h1-3,6-7,11-12H,4-5,8-9,13H2. The van der Waals surface area contributed by atoms with Gasteiger partial charge < -0.3 is 10.5 Å². The maximum atomic E-state index is 6.14. The summed E-state index contributed by atoms with van der Waals surface area (Å²) in [5, 5.41) is 0. The molecule has 0 aliphatic carbocycles. The Balaban J connectivity index is 2.03. The fraction of sp³-hybridized carbons (Fsp3) is 0.500. The summed E-state index contributed by atoms with van der Waals surface area (Å²) in [4.78, 5) is 0. The highest BCUT2D eigenvalue weighted by atomic mass is 16.5. The second kappa shape index (κ2) is 4.58. The number of rotatable bonds is 2. The Morgan fingerprint density at radius 3 is 2.64 bits per heavy atom. The quantitative estimate of drug-likeness (QED) is 0.778. The molecule has 1 aromatic rings. The van der Waals surface area contributed by atoms with E-state index in [2.05, 4.69) is 12.1 Å². The first-order chi connectivity index (χ1) is 6.88. The Kier molecular flexibility index (Phi) is 3.17. The first-order valence-electron chi connectivity index (χ1n) is 5.30. The van der Waals surface area contributed by atoms with E-state index in [9.17, 15) is 0 Å². The van der Waals surface area contributed by atoms with Crippen molar-refractivity contribution in [1.82, 2.24) is 0 Å². The van der Waals surface area contributed by atoms with Crippen molar-refractivity contribution in [3.05, 3.63) is 35.9 Å². The molecule has 1 aliphatic rings. The highest BCUT2D eigenvalue weighted by molar-refractivity contribution is 5.19. The lowest BCUT2D eigenvalue weighted by Crippen LogP contribution is -2.31. The van der Waals surface area contributed by atoms with Crippen molar-refractivity contribution in [3.63, 3.8) is 0 Å². The van der Waals surface area contributed by atoms with Gasteiger partial charge in [-0.05, 0) is 24.8 Å². The van der Waals surface area contributed by atoms with Gasteiger partial charge in [-0.1, -0.05) is 30.3 Å². The second-order valence-corrected chi connectivity index (χ2v) is 3.84. The predicted octanol–water partition coefficient (Wildman–Crippen LogP) is 2.26. The minimum absolute atomic E-state index is 0.0384. The van der Waals surface area contributed by atoms with Crippen LogP contribution in [0.15, 0.2) is 30.3 Å². The molecule has 2 unspecified atom stereocenters. The van der Waals surface area contributed by atoms with Crippen molar-refractivity contribution < 1.29 is 4.74 Å². The molecule has 0 saturated carbocycles. The van der Waals surface area contributed by atoms with Crippen LogP contribution in [-0.2, 0) is 4.74 Å². The number of nitrogens with two attached hydrogens (primary N) is 1. The number of benzene rings is 1. The maximum Gasteiger partial charge on any atom is 0.0767 e. The Morgan fingerprint density at radius 1 is 1.21 bits per heavy atom. The largest absolute Gasteiger partial charge is 0.376 e. The molecule has 2 rings (SSSR count). The van der Waals surface area contributed by atoms with Crippen LogP contribution in [0, 0.1) is 0 Å². The number of hydrogen-bond donors (Lipinski definition) is 1. The second-order valence-electron chi connectivity index (χ2n) is 3.84. The van der Waals surface area contributed by atoms with E-state index >= 15 is 0 Å². The molecule has 1 heterocycles. The molecule has 1 saturated heterocycles. The smallest absolute Gasteiger partial charge is 0.0767 e. The average molecular weight is 191 g/mol. The molecule has 1 aromatic carbocycles. The third kappa shape index (κ3) is 2.14. The Labute approximate surface area is 85.1 Å². The van der Waals surface area contributed by atoms with E-state index in [0.717, 1.165) is 13.0 Å². The van der Waals surface area contributed by atoms with Crippen LogP contribution < -0.4 is 5.73 Å². The molecule has 0 spiro atoms. The number of ether oxygens (including phenoxy) is 1. The van der Waals surface area contributed by atoms with Gasteiger partial charge in [0.15, 0.2) is 0 Å². The number of hydrogen-bond acceptors (Lipinski definition) is 2. The van der Waals surface area contributed by atoms with Gasteiger partial charge in [0.05, 0.1) is 12.1 Å². The lowest BCUT2D eigenvalue weighted by molar-refractivity contribution is 0.0000142. The molecule has 76 valence electrons. The van der Waals surface area contributed by atoms with Gasteiger partial charge in [-0.25, -0.2) is 0 Å². The van der Waals surface area contributed by atoms with Gasteiger partial charge in [0, 0.05) is 6.61 Å². The van der Waals surface area contributed by atoms with Crippen molar-refractivity contribution in [2.24, 2.45) is 5.73 Å². The lowest BCUT2D eigenvalue weighted by Gasteiger charge is -2.28. The van der Waals surface area contributed by atoms with Crippen LogP contribution in [0.5, 0.6) is 0 Å². The van der Waals surface area contributed by atoms with Crippen molar-refractivity contribution in [1.29, 1.82) is 0 Å². The third-order valence-corrected chi connectivity index (χ3v) is 2.80. The molecule has 0 radical (unpaired) electrons. The van der Waals surface area contributed by atoms with Crippen molar-refractivity contribution in [2.75, 3.05) is 6.61 Å². The van der Waals surface area contributed by atoms with Gasteiger partial charge in [-0.2, -0.15) is 0 Å².